The molecule has 1 aliphatic rings. The molecule has 0 bridgehead atoms. The summed E-state index contributed by atoms with van der Waals surface area (Å²) in [5.41, 5.74) is 0.0175. The lowest BCUT2D eigenvalue weighted by atomic mass is 9.86. The largest absolute Gasteiger partial charge is 0.382 e. The summed E-state index contributed by atoms with van der Waals surface area (Å²) in [6.07, 6.45) is 17.2. The van der Waals surface area contributed by atoms with Crippen molar-refractivity contribution in [1.82, 2.24) is 5.01 Å². The first-order valence-corrected chi connectivity index (χ1v) is 9.59. The Morgan fingerprint density at radius 3 is 2.57 bits per heavy atom. The monoisotopic (exact) mass is 322 g/mol. The van der Waals surface area contributed by atoms with Gasteiger partial charge in [-0.2, -0.15) is 5.10 Å². The highest BCUT2D eigenvalue weighted by Crippen LogP contribution is 2.25. The van der Waals surface area contributed by atoms with Crippen LogP contribution in [0.15, 0.2) is 17.8 Å². The molecule has 0 amide bonds. The van der Waals surface area contributed by atoms with E-state index in [9.17, 15) is 0 Å². The van der Waals surface area contributed by atoms with Crippen LogP contribution in [0.2, 0.25) is 0 Å². The van der Waals surface area contributed by atoms with Crippen LogP contribution in [0.4, 0.5) is 0 Å². The van der Waals surface area contributed by atoms with Gasteiger partial charge in [0.25, 0.3) is 0 Å². The van der Waals surface area contributed by atoms with Crippen LogP contribution in [-0.4, -0.2) is 37.5 Å². The van der Waals surface area contributed by atoms with Gasteiger partial charge in [-0.15, -0.1) is 6.58 Å². The molecule has 0 spiro atoms. The molecule has 1 fully saturated rings. The highest BCUT2D eigenvalue weighted by Gasteiger charge is 2.24. The van der Waals surface area contributed by atoms with Crippen molar-refractivity contribution in [1.29, 1.82) is 0 Å². The number of hydrogen-bond donors (Lipinski definition) is 0. The fraction of sp³-hybridized carbons (Fsp3) is 0.850. The maximum absolute atomic E-state index is 5.30. The van der Waals surface area contributed by atoms with Gasteiger partial charge in [0.2, 0.25) is 0 Å². The summed E-state index contributed by atoms with van der Waals surface area (Å²) < 4.78 is 5.30. The van der Waals surface area contributed by atoms with Gasteiger partial charge in [0, 0.05) is 25.3 Å². The molecule has 0 aliphatic carbocycles. The molecule has 0 saturated carbocycles. The summed E-state index contributed by atoms with van der Waals surface area (Å²) in [4.78, 5) is 0. The number of hydrazone groups is 1. The minimum absolute atomic E-state index is 0.0175. The molecule has 1 rings (SSSR count). The number of hydrogen-bond acceptors (Lipinski definition) is 3. The zero-order chi connectivity index (χ0) is 17.0. The van der Waals surface area contributed by atoms with Gasteiger partial charge in [-0.3, -0.25) is 5.01 Å². The highest BCUT2D eigenvalue weighted by molar-refractivity contribution is 5.67. The van der Waals surface area contributed by atoms with Crippen LogP contribution in [0.1, 0.15) is 78.1 Å². The zero-order valence-corrected chi connectivity index (χ0v) is 15.7. The number of unbranched alkanes of at least 4 members (excludes halogenated alkanes) is 6. The Morgan fingerprint density at radius 1 is 1.22 bits per heavy atom. The molecule has 0 aromatic rings. The molecular formula is C20H38N2O. The maximum Gasteiger partial charge on any atom is 0.0704 e. The number of nitrogens with zero attached hydrogens (tertiary/aromatic N) is 2. The third-order valence-corrected chi connectivity index (χ3v) is 4.99. The second-order valence-electron chi connectivity index (χ2n) is 7.24. The van der Waals surface area contributed by atoms with Crippen LogP contribution in [0.5, 0.6) is 0 Å². The van der Waals surface area contributed by atoms with E-state index in [1.54, 1.807) is 7.11 Å². The summed E-state index contributed by atoms with van der Waals surface area (Å²) in [7, 11) is 1.77. The van der Waals surface area contributed by atoms with Gasteiger partial charge in [0.05, 0.1) is 12.6 Å². The third-order valence-electron chi connectivity index (χ3n) is 4.99. The first kappa shape index (κ1) is 20.2. The van der Waals surface area contributed by atoms with Crippen molar-refractivity contribution in [2.45, 2.75) is 84.1 Å². The average Bonchev–Trinajstić information content (AvgIpc) is 3.00. The number of methoxy groups -OCH3 is 1. The van der Waals surface area contributed by atoms with Gasteiger partial charge >= 0.3 is 0 Å². The summed E-state index contributed by atoms with van der Waals surface area (Å²) >= 11 is 0. The average molecular weight is 323 g/mol. The molecule has 0 aromatic heterocycles. The number of allylic oxidation sites excluding steroid dienone is 1. The molecule has 2 atom stereocenters. The lowest BCUT2D eigenvalue weighted by Crippen LogP contribution is -2.29. The van der Waals surface area contributed by atoms with Gasteiger partial charge in [0.15, 0.2) is 0 Å². The van der Waals surface area contributed by atoms with E-state index in [1.165, 1.54) is 57.8 Å². The summed E-state index contributed by atoms with van der Waals surface area (Å²) in [6, 6.07) is 0.448. The molecular weight excluding hydrogens is 284 g/mol. The molecule has 3 heteroatoms. The Hall–Kier alpha value is -0.830. The smallest absolute Gasteiger partial charge is 0.0704 e. The minimum Gasteiger partial charge on any atom is -0.382 e. The van der Waals surface area contributed by atoms with E-state index < -0.39 is 0 Å². The highest BCUT2D eigenvalue weighted by atomic mass is 16.5. The van der Waals surface area contributed by atoms with Crippen molar-refractivity contribution in [2.24, 2.45) is 10.5 Å². The van der Waals surface area contributed by atoms with Crippen molar-refractivity contribution in [3.63, 3.8) is 0 Å². The van der Waals surface area contributed by atoms with Crippen LogP contribution in [0.25, 0.3) is 0 Å². The van der Waals surface area contributed by atoms with Crippen LogP contribution < -0.4 is 0 Å². The van der Waals surface area contributed by atoms with Gasteiger partial charge in [-0.25, -0.2) is 0 Å². The van der Waals surface area contributed by atoms with Crippen molar-refractivity contribution in [2.75, 3.05) is 20.3 Å². The molecule has 0 N–H and O–H groups in total. The van der Waals surface area contributed by atoms with Crippen LogP contribution >= 0.6 is 0 Å². The molecule has 1 aliphatic heterocycles. The quantitative estimate of drug-likeness (QED) is 0.257. The molecule has 23 heavy (non-hydrogen) atoms. The van der Waals surface area contributed by atoms with Gasteiger partial charge in [-0.1, -0.05) is 64.9 Å². The normalized spacial score (nSPS) is 21.0. The zero-order valence-electron chi connectivity index (χ0n) is 15.7. The lowest BCUT2D eigenvalue weighted by Gasteiger charge is -2.25. The van der Waals surface area contributed by atoms with E-state index in [0.717, 1.165) is 19.6 Å². The lowest BCUT2D eigenvalue weighted by molar-refractivity contribution is 0.117. The number of ether oxygens (including phenoxy) is 1. The van der Waals surface area contributed by atoms with Gasteiger partial charge in [-0.05, 0) is 19.3 Å². The van der Waals surface area contributed by atoms with Crippen molar-refractivity contribution in [3.05, 3.63) is 12.7 Å². The summed E-state index contributed by atoms with van der Waals surface area (Å²) in [5.74, 6) is 0. The number of rotatable bonds is 13. The first-order valence-electron chi connectivity index (χ1n) is 9.59. The van der Waals surface area contributed by atoms with Gasteiger partial charge < -0.3 is 4.74 Å². The van der Waals surface area contributed by atoms with E-state index in [2.05, 4.69) is 37.7 Å². The van der Waals surface area contributed by atoms with Gasteiger partial charge in [0.1, 0.15) is 0 Å². The molecule has 1 saturated heterocycles. The predicted octanol–water partition coefficient (Wildman–Crippen LogP) is 5.42. The topological polar surface area (TPSA) is 24.8 Å². The predicted molar refractivity (Wildman–Crippen MR) is 101 cm³/mol. The summed E-state index contributed by atoms with van der Waals surface area (Å²) in [6.45, 7) is 10.4. The standard InChI is InChI=1S/C20H38N2O/c1-5-7-8-9-10-11-12-15-20(3,6-2)18-21-22-16-13-14-19(22)17-23-4/h6,18-19H,2,5,7-17H2,1,3-4H3/b21-18+/t19-,20-/m0/s1. The second kappa shape index (κ2) is 11.7. The molecule has 0 aromatic carbocycles. The molecule has 3 nitrogen and oxygen atoms in total. The molecule has 0 radical (unpaired) electrons. The Balaban J connectivity index is 2.32. The van der Waals surface area contributed by atoms with E-state index in [0.29, 0.717) is 6.04 Å². The Kier molecular flexibility index (Phi) is 10.3. The fourth-order valence-electron chi connectivity index (χ4n) is 3.22. The molecule has 1 heterocycles. The van der Waals surface area contributed by atoms with E-state index >= 15 is 0 Å². The van der Waals surface area contributed by atoms with E-state index in [-0.39, 0.29) is 5.41 Å². The maximum atomic E-state index is 5.30. The molecule has 134 valence electrons. The van der Waals surface area contributed by atoms with Crippen LogP contribution in [0.3, 0.4) is 0 Å². The Labute approximate surface area is 144 Å². The second-order valence-corrected chi connectivity index (χ2v) is 7.24. The van der Waals surface area contributed by atoms with Crippen LogP contribution in [0, 0.1) is 5.41 Å². The van der Waals surface area contributed by atoms with Crippen molar-refractivity contribution in [3.8, 4) is 0 Å². The van der Waals surface area contributed by atoms with E-state index in [4.69, 9.17) is 9.84 Å². The minimum atomic E-state index is 0.0175. The van der Waals surface area contributed by atoms with Crippen molar-refractivity contribution < 1.29 is 4.74 Å². The van der Waals surface area contributed by atoms with E-state index in [1.807, 2.05) is 0 Å². The molecule has 0 unspecified atom stereocenters. The van der Waals surface area contributed by atoms with Crippen molar-refractivity contribution >= 4 is 6.21 Å². The van der Waals surface area contributed by atoms with Crippen LogP contribution in [-0.2, 0) is 4.74 Å². The first-order chi connectivity index (χ1) is 11.1. The summed E-state index contributed by atoms with van der Waals surface area (Å²) in [5, 5.41) is 6.97. The third kappa shape index (κ3) is 8.01. The Bertz CT molecular complexity index is 343. The SMILES string of the molecule is C=C[C@](C)(/C=N/N1CCC[C@H]1COC)CCCCCCCCC. The Morgan fingerprint density at radius 2 is 1.91 bits per heavy atom. The fourth-order valence-corrected chi connectivity index (χ4v) is 3.22.